The molecule has 2 amide bonds. The molecule has 0 aromatic heterocycles. The second kappa shape index (κ2) is 10.3. The Morgan fingerprint density at radius 1 is 0.964 bits per heavy atom. The molecule has 0 saturated carbocycles. The van der Waals surface area contributed by atoms with Gasteiger partial charge in [0.05, 0.1) is 11.6 Å². The van der Waals surface area contributed by atoms with Crippen molar-refractivity contribution in [2.24, 2.45) is 0 Å². The van der Waals surface area contributed by atoms with Gasteiger partial charge in [-0.2, -0.15) is 0 Å². The molecule has 1 atom stereocenters. The summed E-state index contributed by atoms with van der Waals surface area (Å²) in [7, 11) is 0. The second-order valence-electron chi connectivity index (χ2n) is 6.57. The van der Waals surface area contributed by atoms with Crippen molar-refractivity contribution in [2.45, 2.75) is 39.8 Å². The minimum atomic E-state index is -0.568. The van der Waals surface area contributed by atoms with E-state index in [1.165, 1.54) is 12.5 Å². The zero-order valence-corrected chi connectivity index (χ0v) is 16.5. The maximum atomic E-state index is 12.1. The van der Waals surface area contributed by atoms with Crippen LogP contribution in [-0.2, 0) is 27.3 Å². The van der Waals surface area contributed by atoms with Crippen LogP contribution in [0.5, 0.6) is 0 Å². The third-order valence-corrected chi connectivity index (χ3v) is 4.33. The van der Waals surface area contributed by atoms with E-state index in [0.717, 1.165) is 17.5 Å². The monoisotopic (exact) mass is 382 g/mol. The lowest BCUT2D eigenvalue weighted by Gasteiger charge is -2.15. The average Bonchev–Trinajstić information content (AvgIpc) is 2.70. The Morgan fingerprint density at radius 3 is 2.14 bits per heavy atom. The van der Waals surface area contributed by atoms with Crippen LogP contribution < -0.4 is 10.6 Å². The molecule has 0 aliphatic heterocycles. The average molecular weight is 382 g/mol. The van der Waals surface area contributed by atoms with Gasteiger partial charge in [0.2, 0.25) is 5.91 Å². The van der Waals surface area contributed by atoms with E-state index in [0.29, 0.717) is 12.1 Å². The molecule has 148 valence electrons. The van der Waals surface area contributed by atoms with Gasteiger partial charge in [-0.3, -0.25) is 9.59 Å². The summed E-state index contributed by atoms with van der Waals surface area (Å²) in [6, 6.07) is 14.5. The largest absolute Gasteiger partial charge is 0.452 e. The van der Waals surface area contributed by atoms with Crippen molar-refractivity contribution >= 4 is 17.8 Å². The fourth-order valence-corrected chi connectivity index (χ4v) is 2.61. The van der Waals surface area contributed by atoms with Crippen molar-refractivity contribution in [3.8, 4) is 0 Å². The fourth-order valence-electron chi connectivity index (χ4n) is 2.61. The first-order valence-electron chi connectivity index (χ1n) is 9.27. The molecule has 0 bridgehead atoms. The van der Waals surface area contributed by atoms with Gasteiger partial charge >= 0.3 is 5.97 Å². The molecule has 0 saturated heterocycles. The molecule has 0 spiro atoms. The molecule has 2 aromatic carbocycles. The summed E-state index contributed by atoms with van der Waals surface area (Å²) in [6.07, 6.45) is 0.963. The van der Waals surface area contributed by atoms with Gasteiger partial charge in [-0.05, 0) is 42.2 Å². The van der Waals surface area contributed by atoms with Crippen LogP contribution in [0.25, 0.3) is 0 Å². The van der Waals surface area contributed by atoms with Crippen LogP contribution in [0.15, 0.2) is 48.5 Å². The smallest absolute Gasteiger partial charge is 0.338 e. The number of benzene rings is 2. The summed E-state index contributed by atoms with van der Waals surface area (Å²) in [5.74, 6) is -1.05. The first-order chi connectivity index (χ1) is 13.4. The quantitative estimate of drug-likeness (QED) is 0.688. The third-order valence-electron chi connectivity index (χ3n) is 4.33. The summed E-state index contributed by atoms with van der Waals surface area (Å²) in [5, 5.41) is 5.50. The normalized spacial score (nSPS) is 11.4. The van der Waals surface area contributed by atoms with E-state index < -0.39 is 5.97 Å². The molecule has 0 radical (unpaired) electrons. The van der Waals surface area contributed by atoms with Crippen LogP contribution in [0.4, 0.5) is 0 Å². The highest BCUT2D eigenvalue weighted by atomic mass is 16.5. The molecule has 6 nitrogen and oxygen atoms in total. The maximum absolute atomic E-state index is 12.1. The summed E-state index contributed by atoms with van der Waals surface area (Å²) >= 11 is 0. The Bertz CT molecular complexity index is 813. The van der Waals surface area contributed by atoms with Crippen molar-refractivity contribution in [1.82, 2.24) is 10.6 Å². The predicted octanol–water partition coefficient (Wildman–Crippen LogP) is 2.92. The van der Waals surface area contributed by atoms with Crippen LogP contribution in [-0.4, -0.2) is 24.4 Å². The zero-order chi connectivity index (χ0) is 20.5. The number of esters is 1. The number of carbonyl (C=O) groups excluding carboxylic acids is 3. The number of carbonyl (C=O) groups is 3. The Morgan fingerprint density at radius 2 is 1.57 bits per heavy atom. The summed E-state index contributed by atoms with van der Waals surface area (Å²) in [6.45, 7) is 5.46. The van der Waals surface area contributed by atoms with E-state index in [4.69, 9.17) is 4.74 Å². The van der Waals surface area contributed by atoms with Crippen molar-refractivity contribution in [2.75, 3.05) is 6.61 Å². The van der Waals surface area contributed by atoms with Gasteiger partial charge in [-0.15, -0.1) is 0 Å². The van der Waals surface area contributed by atoms with Crippen molar-refractivity contribution in [3.05, 3.63) is 70.8 Å². The van der Waals surface area contributed by atoms with Gasteiger partial charge in [0.15, 0.2) is 6.61 Å². The molecule has 2 rings (SSSR count). The highest BCUT2D eigenvalue weighted by Crippen LogP contribution is 2.13. The van der Waals surface area contributed by atoms with E-state index in [-0.39, 0.29) is 24.5 Å². The van der Waals surface area contributed by atoms with Gasteiger partial charge in [0.1, 0.15) is 0 Å². The Hall–Kier alpha value is -3.15. The molecule has 0 heterocycles. The number of rotatable bonds is 8. The Labute approximate surface area is 165 Å². The van der Waals surface area contributed by atoms with Crippen LogP contribution in [0.2, 0.25) is 0 Å². The van der Waals surface area contributed by atoms with Gasteiger partial charge in [-0.1, -0.05) is 43.3 Å². The highest BCUT2D eigenvalue weighted by Gasteiger charge is 2.13. The van der Waals surface area contributed by atoms with E-state index >= 15 is 0 Å². The maximum Gasteiger partial charge on any atom is 0.338 e. The lowest BCUT2D eigenvalue weighted by Crippen LogP contribution is -2.31. The Balaban J connectivity index is 1.81. The van der Waals surface area contributed by atoms with Crippen LogP contribution >= 0.6 is 0 Å². The first kappa shape index (κ1) is 21.2. The number of hydrogen-bond acceptors (Lipinski definition) is 4. The van der Waals surface area contributed by atoms with Crippen LogP contribution in [0.3, 0.4) is 0 Å². The second-order valence-corrected chi connectivity index (χ2v) is 6.57. The van der Waals surface area contributed by atoms with Gasteiger partial charge in [-0.25, -0.2) is 4.79 Å². The van der Waals surface area contributed by atoms with E-state index in [9.17, 15) is 14.4 Å². The van der Waals surface area contributed by atoms with Crippen molar-refractivity contribution < 1.29 is 19.1 Å². The van der Waals surface area contributed by atoms with Gasteiger partial charge in [0, 0.05) is 13.5 Å². The molecule has 2 aromatic rings. The SMILES string of the molecule is CCc1ccc(C(C)NC(=O)COC(=O)c2ccc(CNC(C)=O)cc2)cc1. The lowest BCUT2D eigenvalue weighted by atomic mass is 10.1. The van der Waals surface area contributed by atoms with Gasteiger partial charge in [0.25, 0.3) is 5.91 Å². The van der Waals surface area contributed by atoms with Crippen molar-refractivity contribution in [3.63, 3.8) is 0 Å². The number of hydrogen-bond donors (Lipinski definition) is 2. The zero-order valence-electron chi connectivity index (χ0n) is 16.5. The molecule has 0 aliphatic carbocycles. The topological polar surface area (TPSA) is 84.5 Å². The molecule has 6 heteroatoms. The van der Waals surface area contributed by atoms with Crippen LogP contribution in [0.1, 0.15) is 53.9 Å². The minimum Gasteiger partial charge on any atom is -0.452 e. The lowest BCUT2D eigenvalue weighted by molar-refractivity contribution is -0.125. The summed E-state index contributed by atoms with van der Waals surface area (Å²) in [4.78, 5) is 35.1. The molecular weight excluding hydrogens is 356 g/mol. The van der Waals surface area contributed by atoms with Crippen LogP contribution in [0, 0.1) is 0 Å². The fraction of sp³-hybridized carbons (Fsp3) is 0.318. The Kier molecular flexibility index (Phi) is 7.75. The third kappa shape index (κ3) is 6.54. The highest BCUT2D eigenvalue weighted by molar-refractivity contribution is 5.91. The number of aryl methyl sites for hydroxylation is 1. The van der Waals surface area contributed by atoms with E-state index in [1.807, 2.05) is 31.2 Å². The van der Waals surface area contributed by atoms with E-state index in [1.54, 1.807) is 24.3 Å². The minimum absolute atomic E-state index is 0.120. The summed E-state index contributed by atoms with van der Waals surface area (Å²) < 4.78 is 5.08. The molecule has 0 aliphatic rings. The number of nitrogens with one attached hydrogen (secondary N) is 2. The number of amides is 2. The number of ether oxygens (including phenoxy) is 1. The standard InChI is InChI=1S/C22H26N2O4/c1-4-17-5-9-19(10-6-17)15(2)24-21(26)14-28-22(27)20-11-7-18(8-12-20)13-23-16(3)25/h5-12,15H,4,13-14H2,1-3H3,(H,23,25)(H,24,26). The van der Waals surface area contributed by atoms with E-state index in [2.05, 4.69) is 17.6 Å². The molecule has 1 unspecified atom stereocenters. The van der Waals surface area contributed by atoms with Gasteiger partial charge < -0.3 is 15.4 Å². The molecule has 0 fully saturated rings. The molecule has 28 heavy (non-hydrogen) atoms. The molecular formula is C22H26N2O4. The molecule has 2 N–H and O–H groups in total. The first-order valence-corrected chi connectivity index (χ1v) is 9.27. The predicted molar refractivity (Wildman–Crippen MR) is 107 cm³/mol. The van der Waals surface area contributed by atoms with Crippen molar-refractivity contribution in [1.29, 1.82) is 0 Å². The summed E-state index contributed by atoms with van der Waals surface area (Å²) in [5.41, 5.74) is 3.45.